The minimum absolute atomic E-state index is 0.00577. The molecule has 7 nitrogen and oxygen atoms in total. The second kappa shape index (κ2) is 12.5. The number of aromatic carboxylic acids is 1. The summed E-state index contributed by atoms with van der Waals surface area (Å²) in [7, 11) is 1.93. The van der Waals surface area contributed by atoms with Gasteiger partial charge in [-0.15, -0.1) is 11.3 Å². The number of amides is 1. The highest BCUT2D eigenvalue weighted by Gasteiger charge is 2.37. The number of hydrogen-bond donors (Lipinski definition) is 1. The van der Waals surface area contributed by atoms with E-state index in [0.29, 0.717) is 16.5 Å². The van der Waals surface area contributed by atoms with E-state index in [1.54, 1.807) is 23.5 Å². The fourth-order valence-electron chi connectivity index (χ4n) is 5.44. The van der Waals surface area contributed by atoms with Gasteiger partial charge in [0.25, 0.3) is 0 Å². The molecule has 0 bridgehead atoms. The molecule has 2 aromatic rings. The third-order valence-corrected chi connectivity index (χ3v) is 8.72. The van der Waals surface area contributed by atoms with Crippen LogP contribution in [0.5, 0.6) is 5.75 Å². The number of ether oxygens (including phenoxy) is 1. The normalized spacial score (nSPS) is 23.5. The third kappa shape index (κ3) is 7.61. The summed E-state index contributed by atoms with van der Waals surface area (Å²) >= 11 is 1.15. The van der Waals surface area contributed by atoms with Gasteiger partial charge in [0.2, 0.25) is 5.91 Å². The third-order valence-electron chi connectivity index (χ3n) is 7.69. The average Bonchev–Trinajstić information content (AvgIpc) is 3.33. The molecule has 2 aliphatic carbocycles. The zero-order chi connectivity index (χ0) is 28.2. The second-order valence-corrected chi connectivity index (χ2v) is 13.1. The molecule has 0 radical (unpaired) electrons. The average molecular weight is 552 g/mol. The summed E-state index contributed by atoms with van der Waals surface area (Å²) in [6.45, 7) is 8.30. The highest BCUT2D eigenvalue weighted by molar-refractivity contribution is 7.15. The van der Waals surface area contributed by atoms with Crippen LogP contribution < -0.4 is 9.75 Å². The maximum atomic E-state index is 14.1. The summed E-state index contributed by atoms with van der Waals surface area (Å²) in [5.41, 5.74) is 0.223. The van der Waals surface area contributed by atoms with Gasteiger partial charge < -0.3 is 9.84 Å². The van der Waals surface area contributed by atoms with Crippen molar-refractivity contribution in [1.82, 2.24) is 9.99 Å². The van der Waals surface area contributed by atoms with Crippen molar-refractivity contribution in [1.29, 1.82) is 0 Å². The van der Waals surface area contributed by atoms with E-state index in [1.165, 1.54) is 0 Å². The summed E-state index contributed by atoms with van der Waals surface area (Å²) in [4.78, 5) is 31.5. The molecule has 39 heavy (non-hydrogen) atoms. The minimum Gasteiger partial charge on any atom is -0.489 e. The minimum atomic E-state index is -1.03. The Morgan fingerprint density at radius 3 is 2.38 bits per heavy atom. The molecule has 2 aromatic heterocycles. The molecule has 0 aromatic carbocycles. The molecule has 8 heteroatoms. The molecular weight excluding hydrogens is 510 g/mol. The smallest absolute Gasteiger partial charge is 0.348 e. The highest BCUT2D eigenvalue weighted by Crippen LogP contribution is 2.37. The molecule has 2 aliphatic rings. The summed E-state index contributed by atoms with van der Waals surface area (Å²) in [6.07, 6.45) is 10.6. The van der Waals surface area contributed by atoms with Crippen LogP contribution in [0.25, 0.3) is 0 Å². The maximum absolute atomic E-state index is 14.1. The van der Waals surface area contributed by atoms with Gasteiger partial charge in [0.15, 0.2) is 0 Å². The Kier molecular flexibility index (Phi) is 9.35. The summed E-state index contributed by atoms with van der Waals surface area (Å²) in [5, 5.41) is 13.8. The number of nitrogens with zero attached hydrogens (tertiary/aromatic N) is 3. The number of hydrazine groups is 1. The van der Waals surface area contributed by atoms with Gasteiger partial charge in [-0.05, 0) is 96.3 Å². The lowest BCUT2D eigenvalue weighted by atomic mass is 9.82. The van der Waals surface area contributed by atoms with E-state index in [1.807, 2.05) is 45.0 Å². The van der Waals surface area contributed by atoms with Crippen molar-refractivity contribution in [3.63, 3.8) is 0 Å². The van der Waals surface area contributed by atoms with Gasteiger partial charge in [0.1, 0.15) is 10.6 Å². The first-order valence-corrected chi connectivity index (χ1v) is 14.9. The van der Waals surface area contributed by atoms with Crippen molar-refractivity contribution in [2.75, 3.05) is 12.1 Å². The van der Waals surface area contributed by atoms with Crippen LogP contribution in [0.15, 0.2) is 30.6 Å². The van der Waals surface area contributed by atoms with E-state index in [9.17, 15) is 14.7 Å². The van der Waals surface area contributed by atoms with Gasteiger partial charge in [0.05, 0.1) is 22.9 Å². The second-order valence-electron chi connectivity index (χ2n) is 12.0. The number of pyridine rings is 1. The van der Waals surface area contributed by atoms with Crippen LogP contribution in [0.3, 0.4) is 0 Å². The topological polar surface area (TPSA) is 83.0 Å². The molecule has 1 amide bonds. The van der Waals surface area contributed by atoms with Crippen LogP contribution in [-0.4, -0.2) is 46.2 Å². The highest BCUT2D eigenvalue weighted by atomic mass is 32.1. The maximum Gasteiger partial charge on any atom is 0.348 e. The number of carboxylic acid groups (broad SMARTS) is 1. The van der Waals surface area contributed by atoms with E-state index in [2.05, 4.69) is 23.7 Å². The fraction of sp³-hybridized carbons (Fsp3) is 0.581. The van der Waals surface area contributed by atoms with Crippen molar-refractivity contribution in [2.45, 2.75) is 91.2 Å². The number of carbonyl (C=O) groups excluding carboxylic acids is 1. The van der Waals surface area contributed by atoms with E-state index in [-0.39, 0.29) is 34.3 Å². The van der Waals surface area contributed by atoms with Gasteiger partial charge >= 0.3 is 5.97 Å². The molecule has 0 unspecified atom stereocenters. The SMILES string of the molecule is CC1CCC(C(=O)N(c2cc(C#CC(C)(C)C)sc2C(=O)O)N(C)[C@H]2CC[C@H](Oc3cccnc3)CC2)CC1. The Balaban J connectivity index is 1.60. The van der Waals surface area contributed by atoms with E-state index in [0.717, 1.165) is 68.5 Å². The fourth-order valence-corrected chi connectivity index (χ4v) is 6.27. The standard InChI is InChI=1S/C31H41N3O4S/c1-21-8-10-22(11-9-21)29(35)34(27-19-26(16-17-31(2,3)4)39-28(27)30(36)37)33(5)23-12-14-24(15-13-23)38-25-7-6-18-32-20-25/h6-7,18-24H,8-15H2,1-5H3,(H,36,37)/t21?,22?,23-,24-. The lowest BCUT2D eigenvalue weighted by Crippen LogP contribution is -2.53. The first-order chi connectivity index (χ1) is 18.5. The number of aromatic nitrogens is 1. The van der Waals surface area contributed by atoms with Gasteiger partial charge in [-0.25, -0.2) is 14.8 Å². The van der Waals surface area contributed by atoms with Crippen LogP contribution in [0.1, 0.15) is 93.6 Å². The lowest BCUT2D eigenvalue weighted by Gasteiger charge is -2.42. The molecule has 0 spiro atoms. The molecule has 4 rings (SSSR count). The van der Waals surface area contributed by atoms with E-state index < -0.39 is 5.97 Å². The van der Waals surface area contributed by atoms with Crippen LogP contribution >= 0.6 is 11.3 Å². The van der Waals surface area contributed by atoms with Crippen LogP contribution in [-0.2, 0) is 4.79 Å². The zero-order valence-electron chi connectivity index (χ0n) is 23.8. The van der Waals surface area contributed by atoms with Crippen LogP contribution in [0.4, 0.5) is 5.69 Å². The predicted octanol–water partition coefficient (Wildman–Crippen LogP) is 6.64. The first-order valence-electron chi connectivity index (χ1n) is 14.1. The number of carbonyl (C=O) groups is 2. The Morgan fingerprint density at radius 2 is 1.79 bits per heavy atom. The van der Waals surface area contributed by atoms with Gasteiger partial charge in [-0.3, -0.25) is 9.78 Å². The molecule has 2 fully saturated rings. The number of carboxylic acids is 1. The van der Waals surface area contributed by atoms with Gasteiger partial charge in [-0.1, -0.05) is 18.8 Å². The summed E-state index contributed by atoms with van der Waals surface area (Å²) < 4.78 is 6.14. The van der Waals surface area contributed by atoms with Crippen molar-refractivity contribution in [2.24, 2.45) is 17.3 Å². The lowest BCUT2D eigenvalue weighted by molar-refractivity contribution is -0.127. The van der Waals surface area contributed by atoms with Gasteiger partial charge in [0, 0.05) is 30.6 Å². The first kappa shape index (κ1) is 29.1. The van der Waals surface area contributed by atoms with Crippen molar-refractivity contribution < 1.29 is 19.4 Å². The van der Waals surface area contributed by atoms with Crippen molar-refractivity contribution in [3.05, 3.63) is 40.3 Å². The number of rotatable bonds is 7. The molecule has 0 saturated heterocycles. The Hall–Kier alpha value is -2.89. The van der Waals surface area contributed by atoms with Crippen LogP contribution in [0.2, 0.25) is 0 Å². The van der Waals surface area contributed by atoms with Crippen molar-refractivity contribution in [3.8, 4) is 17.6 Å². The zero-order valence-corrected chi connectivity index (χ0v) is 24.6. The number of thiophene rings is 1. The largest absolute Gasteiger partial charge is 0.489 e. The molecule has 2 saturated carbocycles. The quantitative estimate of drug-likeness (QED) is 0.307. The molecule has 2 heterocycles. The summed E-state index contributed by atoms with van der Waals surface area (Å²) in [6, 6.07) is 5.67. The molecule has 210 valence electrons. The van der Waals surface area contributed by atoms with Crippen molar-refractivity contribution >= 4 is 28.9 Å². The molecule has 0 atom stereocenters. The predicted molar refractivity (Wildman–Crippen MR) is 155 cm³/mol. The van der Waals surface area contributed by atoms with Crippen LogP contribution in [0, 0.1) is 29.1 Å². The van der Waals surface area contributed by atoms with E-state index >= 15 is 0 Å². The monoisotopic (exact) mass is 551 g/mol. The van der Waals surface area contributed by atoms with E-state index in [4.69, 9.17) is 4.74 Å². The molecular formula is C31H41N3O4S. The number of anilines is 1. The van der Waals surface area contributed by atoms with Gasteiger partial charge in [-0.2, -0.15) is 0 Å². The number of hydrogen-bond acceptors (Lipinski definition) is 6. The summed E-state index contributed by atoms with van der Waals surface area (Å²) in [5.74, 6) is 6.59. The molecule has 1 N–H and O–H groups in total. The Bertz CT molecular complexity index is 1190. The Morgan fingerprint density at radius 1 is 1.10 bits per heavy atom. The Labute approximate surface area is 236 Å². The molecule has 0 aliphatic heterocycles.